The van der Waals surface area contributed by atoms with Gasteiger partial charge in [0, 0.05) is 39.3 Å². The Bertz CT molecular complexity index is 416. The summed E-state index contributed by atoms with van der Waals surface area (Å²) in [6, 6.07) is 2.21. The molecule has 0 spiro atoms. The smallest absolute Gasteiger partial charge is 0.243 e. The second kappa shape index (κ2) is 6.23. The van der Waals surface area contributed by atoms with Crippen LogP contribution < -0.4 is 5.32 Å². The third kappa shape index (κ3) is 2.78. The summed E-state index contributed by atoms with van der Waals surface area (Å²) in [6.45, 7) is 2.05. The third-order valence-corrected chi connectivity index (χ3v) is 4.37. The zero-order valence-electron chi connectivity index (χ0n) is 11.9. The van der Waals surface area contributed by atoms with Gasteiger partial charge in [0.2, 0.25) is 11.8 Å². The normalized spacial score (nSPS) is 22.9. The van der Waals surface area contributed by atoms with Crippen LogP contribution in [0.2, 0.25) is 0 Å². The van der Waals surface area contributed by atoms with Crippen LogP contribution in [0.1, 0.15) is 25.7 Å². The fourth-order valence-corrected chi connectivity index (χ4v) is 2.94. The number of hydrogen-bond donors (Lipinski definition) is 1. The van der Waals surface area contributed by atoms with E-state index >= 15 is 0 Å². The second-order valence-corrected chi connectivity index (χ2v) is 5.49. The van der Waals surface area contributed by atoms with Gasteiger partial charge in [-0.25, -0.2) is 0 Å². The summed E-state index contributed by atoms with van der Waals surface area (Å²) in [6.07, 6.45) is 2.28. The fraction of sp³-hybridized carbons (Fsp3) is 0.786. The Hall–Kier alpha value is -1.61. The summed E-state index contributed by atoms with van der Waals surface area (Å²) in [7, 11) is 1.63. The molecule has 2 aliphatic rings. The highest BCUT2D eigenvalue weighted by atomic mass is 16.5. The van der Waals surface area contributed by atoms with Gasteiger partial charge >= 0.3 is 0 Å². The first-order chi connectivity index (χ1) is 9.63. The van der Waals surface area contributed by atoms with E-state index in [-0.39, 0.29) is 17.7 Å². The molecule has 0 aliphatic carbocycles. The van der Waals surface area contributed by atoms with Gasteiger partial charge in [0.1, 0.15) is 5.41 Å². The SMILES string of the molecule is CNC(=O)C1CCN(C(=O)C2(C#N)CCOCC2)CC1. The lowest BCUT2D eigenvalue weighted by molar-refractivity contribution is -0.146. The van der Waals surface area contributed by atoms with E-state index < -0.39 is 5.41 Å². The fourth-order valence-electron chi connectivity index (χ4n) is 2.94. The Morgan fingerprint density at radius 2 is 1.90 bits per heavy atom. The average molecular weight is 279 g/mol. The van der Waals surface area contributed by atoms with Gasteiger partial charge in [0.25, 0.3) is 0 Å². The number of carbonyl (C=O) groups excluding carboxylic acids is 2. The van der Waals surface area contributed by atoms with Gasteiger partial charge in [-0.1, -0.05) is 0 Å². The monoisotopic (exact) mass is 279 g/mol. The molecule has 2 fully saturated rings. The molecular formula is C14H21N3O3. The molecule has 2 aliphatic heterocycles. The summed E-state index contributed by atoms with van der Waals surface area (Å²) < 4.78 is 5.25. The van der Waals surface area contributed by atoms with Gasteiger partial charge in [0.15, 0.2) is 0 Å². The van der Waals surface area contributed by atoms with Crippen molar-refractivity contribution in [2.75, 3.05) is 33.4 Å². The number of amides is 2. The summed E-state index contributed by atoms with van der Waals surface area (Å²) in [4.78, 5) is 25.9. The number of piperidine rings is 1. The van der Waals surface area contributed by atoms with Crippen LogP contribution in [0, 0.1) is 22.7 Å². The number of hydrogen-bond acceptors (Lipinski definition) is 4. The predicted octanol–water partition coefficient (Wildman–Crippen LogP) is 0.291. The summed E-state index contributed by atoms with van der Waals surface area (Å²) >= 11 is 0. The van der Waals surface area contributed by atoms with Crippen LogP contribution in [0.4, 0.5) is 0 Å². The number of nitriles is 1. The molecule has 6 nitrogen and oxygen atoms in total. The zero-order valence-corrected chi connectivity index (χ0v) is 11.9. The largest absolute Gasteiger partial charge is 0.381 e. The van der Waals surface area contributed by atoms with Crippen molar-refractivity contribution in [2.45, 2.75) is 25.7 Å². The summed E-state index contributed by atoms with van der Waals surface area (Å²) in [5.74, 6) is -0.0615. The van der Waals surface area contributed by atoms with Gasteiger partial charge in [-0.05, 0) is 25.7 Å². The van der Waals surface area contributed by atoms with Crippen molar-refractivity contribution in [1.82, 2.24) is 10.2 Å². The lowest BCUT2D eigenvalue weighted by Crippen LogP contribution is -2.50. The van der Waals surface area contributed by atoms with Crippen LogP contribution in [0.3, 0.4) is 0 Å². The summed E-state index contributed by atoms with van der Waals surface area (Å²) in [5.41, 5.74) is -0.919. The Morgan fingerprint density at radius 1 is 1.30 bits per heavy atom. The molecule has 1 N–H and O–H groups in total. The molecule has 6 heteroatoms. The predicted molar refractivity (Wildman–Crippen MR) is 71.5 cm³/mol. The van der Waals surface area contributed by atoms with Crippen molar-refractivity contribution < 1.29 is 14.3 Å². The number of carbonyl (C=O) groups is 2. The Labute approximate surface area is 119 Å². The molecule has 0 radical (unpaired) electrons. The lowest BCUT2D eigenvalue weighted by atomic mass is 9.79. The van der Waals surface area contributed by atoms with E-state index in [2.05, 4.69) is 11.4 Å². The van der Waals surface area contributed by atoms with Crippen molar-refractivity contribution >= 4 is 11.8 Å². The van der Waals surface area contributed by atoms with Crippen LogP contribution in [0.15, 0.2) is 0 Å². The van der Waals surface area contributed by atoms with Crippen LogP contribution in [0.25, 0.3) is 0 Å². The number of ether oxygens (including phenoxy) is 1. The Balaban J connectivity index is 1.97. The minimum absolute atomic E-state index is 0.0169. The maximum absolute atomic E-state index is 12.6. The summed E-state index contributed by atoms with van der Waals surface area (Å²) in [5, 5.41) is 12.1. The molecule has 110 valence electrons. The van der Waals surface area contributed by atoms with Gasteiger partial charge in [-0.15, -0.1) is 0 Å². The number of likely N-dealkylation sites (tertiary alicyclic amines) is 1. The highest BCUT2D eigenvalue weighted by Gasteiger charge is 2.44. The maximum Gasteiger partial charge on any atom is 0.243 e. The molecular weight excluding hydrogens is 258 g/mol. The van der Waals surface area contributed by atoms with Crippen LogP contribution >= 0.6 is 0 Å². The van der Waals surface area contributed by atoms with Gasteiger partial charge in [-0.3, -0.25) is 9.59 Å². The maximum atomic E-state index is 12.6. The Kier molecular flexibility index (Phi) is 4.61. The molecule has 20 heavy (non-hydrogen) atoms. The molecule has 2 saturated heterocycles. The van der Waals surface area contributed by atoms with E-state index in [1.165, 1.54) is 0 Å². The molecule has 2 rings (SSSR count). The number of nitrogens with one attached hydrogen (secondary N) is 1. The number of rotatable bonds is 2. The third-order valence-electron chi connectivity index (χ3n) is 4.37. The topological polar surface area (TPSA) is 82.4 Å². The molecule has 0 saturated carbocycles. The first-order valence-corrected chi connectivity index (χ1v) is 7.13. The van der Waals surface area contributed by atoms with Gasteiger partial charge in [0.05, 0.1) is 6.07 Å². The van der Waals surface area contributed by atoms with Gasteiger partial charge in [-0.2, -0.15) is 5.26 Å². The number of nitrogens with zero attached hydrogens (tertiary/aromatic N) is 2. The average Bonchev–Trinajstić information content (AvgIpc) is 2.54. The molecule has 0 aromatic heterocycles. The molecule has 2 amide bonds. The Morgan fingerprint density at radius 3 is 2.40 bits per heavy atom. The second-order valence-electron chi connectivity index (χ2n) is 5.49. The van der Waals surface area contributed by atoms with Crippen LogP contribution in [-0.2, 0) is 14.3 Å². The van der Waals surface area contributed by atoms with Crippen molar-refractivity contribution in [3.8, 4) is 6.07 Å². The quantitative estimate of drug-likeness (QED) is 0.787. The van der Waals surface area contributed by atoms with Gasteiger partial charge < -0.3 is 15.0 Å². The van der Waals surface area contributed by atoms with Crippen LogP contribution in [0.5, 0.6) is 0 Å². The van der Waals surface area contributed by atoms with E-state index in [1.807, 2.05) is 0 Å². The molecule has 0 aromatic carbocycles. The molecule has 0 bridgehead atoms. The van der Waals surface area contributed by atoms with E-state index in [0.29, 0.717) is 52.0 Å². The van der Waals surface area contributed by atoms with Crippen molar-refractivity contribution in [2.24, 2.45) is 11.3 Å². The molecule has 2 heterocycles. The first-order valence-electron chi connectivity index (χ1n) is 7.13. The zero-order chi connectivity index (χ0) is 14.6. The molecule has 0 atom stereocenters. The van der Waals surface area contributed by atoms with E-state index in [9.17, 15) is 14.9 Å². The van der Waals surface area contributed by atoms with E-state index in [1.54, 1.807) is 11.9 Å². The lowest BCUT2D eigenvalue weighted by Gasteiger charge is -2.38. The van der Waals surface area contributed by atoms with Crippen molar-refractivity contribution in [3.63, 3.8) is 0 Å². The van der Waals surface area contributed by atoms with E-state index in [0.717, 1.165) is 0 Å². The van der Waals surface area contributed by atoms with Crippen LogP contribution in [-0.4, -0.2) is 50.1 Å². The highest BCUT2D eigenvalue weighted by molar-refractivity contribution is 5.86. The molecule has 0 aromatic rings. The van der Waals surface area contributed by atoms with Crippen molar-refractivity contribution in [3.05, 3.63) is 0 Å². The standard InChI is InChI=1S/C14H21N3O3/c1-16-12(18)11-2-6-17(7-3-11)13(19)14(10-15)4-8-20-9-5-14/h11H,2-9H2,1H3,(H,16,18). The molecule has 0 unspecified atom stereocenters. The highest BCUT2D eigenvalue weighted by Crippen LogP contribution is 2.33. The minimum Gasteiger partial charge on any atom is -0.381 e. The first kappa shape index (κ1) is 14.8. The van der Waals surface area contributed by atoms with Crippen molar-refractivity contribution in [1.29, 1.82) is 5.26 Å². The minimum atomic E-state index is -0.919. The van der Waals surface area contributed by atoms with E-state index in [4.69, 9.17) is 4.74 Å².